The number of allylic oxidation sites excluding steroid dienone is 1. The Balaban J connectivity index is 1.63. The largest absolute Gasteiger partial charge is 0.510 e. The van der Waals surface area contributed by atoms with Crippen molar-refractivity contribution in [2.45, 2.75) is 29.4 Å². The van der Waals surface area contributed by atoms with Gasteiger partial charge in [-0.3, -0.25) is 19.5 Å². The minimum atomic E-state index is -4.28. The summed E-state index contributed by atoms with van der Waals surface area (Å²) in [7, 11) is -0.937. The van der Waals surface area contributed by atoms with E-state index in [1.807, 2.05) is 0 Å². The van der Waals surface area contributed by atoms with Crippen LogP contribution in [0, 0.1) is 11.8 Å². The summed E-state index contributed by atoms with van der Waals surface area (Å²) >= 11 is 0. The lowest BCUT2D eigenvalue weighted by Gasteiger charge is -2.50. The molecule has 0 radical (unpaired) electrons. The highest BCUT2D eigenvalue weighted by Gasteiger charge is 2.62. The van der Waals surface area contributed by atoms with Gasteiger partial charge in [0.1, 0.15) is 16.4 Å². The molecule has 0 spiro atoms. The van der Waals surface area contributed by atoms with Crippen molar-refractivity contribution < 1.29 is 37.5 Å². The molecule has 0 amide bonds. The van der Waals surface area contributed by atoms with Crippen LogP contribution in [0.2, 0.25) is 0 Å². The Hall–Kier alpha value is -3.80. The quantitative estimate of drug-likeness (QED) is 0.362. The van der Waals surface area contributed by atoms with Crippen molar-refractivity contribution in [1.29, 1.82) is 0 Å². The van der Waals surface area contributed by atoms with Crippen LogP contribution in [0.3, 0.4) is 0 Å². The van der Waals surface area contributed by atoms with Crippen LogP contribution in [0.1, 0.15) is 22.3 Å². The number of aliphatic hydroxyl groups is 3. The molecule has 0 unspecified atom stereocenters. The molecule has 0 aromatic heterocycles. The summed E-state index contributed by atoms with van der Waals surface area (Å²) in [5.41, 5.74) is -2.42. The Morgan fingerprint density at radius 1 is 1.10 bits per heavy atom. The molecule has 5 rings (SSSR count). The molecule has 2 aromatic carbocycles. The van der Waals surface area contributed by atoms with E-state index in [0.29, 0.717) is 5.56 Å². The first-order chi connectivity index (χ1) is 18.4. The fourth-order valence-corrected chi connectivity index (χ4v) is 7.05. The standard InChI is InChI=1S/C28H28N2O8S/c1-29-14-18-24(31)23(30(2)3)19-13-16-12-15-8-7-11-20(38-39(36,37)17-9-5-4-6-10-17)21(15)25(32)22(16)27(34)28(19,35)26(18)33/h4-11,16,19,23,31,34-35H,1,12-14H2,2-3H3/t16-,19-,23-,28+/m0/s1. The number of carbonyl (C=O) groups excluding carboxylic acids is 2. The van der Waals surface area contributed by atoms with E-state index in [0.717, 1.165) is 0 Å². The third kappa shape index (κ3) is 4.00. The van der Waals surface area contributed by atoms with Crippen LogP contribution in [0.15, 0.2) is 81.1 Å². The van der Waals surface area contributed by atoms with E-state index in [1.165, 1.54) is 18.2 Å². The lowest BCUT2D eigenvalue weighted by atomic mass is 9.58. The fourth-order valence-electron chi connectivity index (χ4n) is 6.09. The van der Waals surface area contributed by atoms with Gasteiger partial charge >= 0.3 is 10.1 Å². The van der Waals surface area contributed by atoms with E-state index in [2.05, 4.69) is 11.7 Å². The van der Waals surface area contributed by atoms with Crippen molar-refractivity contribution in [2.75, 3.05) is 20.6 Å². The number of carbonyl (C=O) groups is 2. The highest BCUT2D eigenvalue weighted by atomic mass is 32.2. The number of aliphatic imine (C=N–C) groups is 1. The van der Waals surface area contributed by atoms with Crippen LogP contribution in [0.4, 0.5) is 0 Å². The second kappa shape index (κ2) is 9.44. The van der Waals surface area contributed by atoms with Crippen molar-refractivity contribution in [1.82, 2.24) is 4.90 Å². The normalized spacial score (nSPS) is 26.7. The third-order valence-electron chi connectivity index (χ3n) is 7.80. The van der Waals surface area contributed by atoms with Crippen molar-refractivity contribution in [3.05, 3.63) is 82.3 Å². The van der Waals surface area contributed by atoms with Crippen molar-refractivity contribution >= 4 is 28.4 Å². The smallest absolute Gasteiger partial charge is 0.339 e. The summed E-state index contributed by atoms with van der Waals surface area (Å²) < 4.78 is 31.2. The lowest BCUT2D eigenvalue weighted by molar-refractivity contribution is -0.147. The van der Waals surface area contributed by atoms with Gasteiger partial charge in [0, 0.05) is 11.5 Å². The van der Waals surface area contributed by atoms with E-state index in [1.54, 1.807) is 49.3 Å². The molecule has 3 aliphatic carbocycles. The molecule has 0 saturated heterocycles. The molecule has 0 saturated carbocycles. The molecule has 11 heteroatoms. The maximum atomic E-state index is 13.9. The predicted molar refractivity (Wildman–Crippen MR) is 141 cm³/mol. The first-order valence-corrected chi connectivity index (χ1v) is 13.7. The van der Waals surface area contributed by atoms with Gasteiger partial charge in [0.2, 0.25) is 5.78 Å². The zero-order valence-electron chi connectivity index (χ0n) is 21.4. The minimum Gasteiger partial charge on any atom is -0.510 e. The van der Waals surface area contributed by atoms with Crippen molar-refractivity contribution in [3.8, 4) is 5.75 Å². The van der Waals surface area contributed by atoms with E-state index < -0.39 is 50.9 Å². The van der Waals surface area contributed by atoms with Gasteiger partial charge in [-0.25, -0.2) is 0 Å². The fraction of sp³-hybridized carbons (Fsp3) is 0.321. The Morgan fingerprint density at radius 3 is 2.44 bits per heavy atom. The zero-order chi connectivity index (χ0) is 28.3. The number of aliphatic hydroxyl groups excluding tert-OH is 2. The van der Waals surface area contributed by atoms with Crippen molar-refractivity contribution in [3.63, 3.8) is 0 Å². The van der Waals surface area contributed by atoms with Gasteiger partial charge in [0.05, 0.1) is 23.7 Å². The van der Waals surface area contributed by atoms with Crippen molar-refractivity contribution in [2.24, 2.45) is 16.8 Å². The van der Waals surface area contributed by atoms with Gasteiger partial charge in [0.15, 0.2) is 17.1 Å². The summed E-state index contributed by atoms with van der Waals surface area (Å²) in [4.78, 5) is 32.6. The number of fused-ring (bicyclic) bond motifs is 3. The summed E-state index contributed by atoms with van der Waals surface area (Å²) in [6.45, 7) is 3.08. The van der Waals surface area contributed by atoms with Crippen LogP contribution in [0.25, 0.3) is 0 Å². The molecule has 0 heterocycles. The number of likely N-dealkylation sites (N-methyl/N-ethyl adjacent to an activating group) is 1. The number of Topliss-reactive ketones (excluding diaryl/α,β-unsaturated/α-hetero) is 2. The number of ketones is 2. The number of hydrogen-bond acceptors (Lipinski definition) is 10. The van der Waals surface area contributed by atoms with Crippen LogP contribution in [-0.2, 0) is 21.3 Å². The van der Waals surface area contributed by atoms with Gasteiger partial charge in [0.25, 0.3) is 0 Å². The Kier molecular flexibility index (Phi) is 6.48. The highest BCUT2D eigenvalue weighted by Crippen LogP contribution is 2.52. The van der Waals surface area contributed by atoms with Gasteiger partial charge < -0.3 is 19.5 Å². The molecule has 0 bridgehead atoms. The Bertz CT molecular complexity index is 1560. The summed E-state index contributed by atoms with van der Waals surface area (Å²) in [5, 5.41) is 34.2. The first-order valence-electron chi connectivity index (χ1n) is 12.3. The van der Waals surface area contributed by atoms with Crippen LogP contribution in [-0.4, -0.2) is 79.2 Å². The van der Waals surface area contributed by atoms with Crippen LogP contribution >= 0.6 is 0 Å². The molecular formula is C28H28N2O8S. The minimum absolute atomic E-state index is 0.0596. The number of benzene rings is 2. The molecule has 204 valence electrons. The average molecular weight is 553 g/mol. The molecule has 4 atom stereocenters. The monoisotopic (exact) mass is 552 g/mol. The maximum Gasteiger partial charge on any atom is 0.339 e. The first kappa shape index (κ1) is 26.8. The second-order valence-electron chi connectivity index (χ2n) is 10.2. The zero-order valence-corrected chi connectivity index (χ0v) is 22.2. The van der Waals surface area contributed by atoms with E-state index >= 15 is 0 Å². The summed E-state index contributed by atoms with van der Waals surface area (Å²) in [5.74, 6) is -4.52. The predicted octanol–water partition coefficient (Wildman–Crippen LogP) is 2.40. The lowest BCUT2D eigenvalue weighted by Crippen LogP contribution is -2.63. The van der Waals surface area contributed by atoms with E-state index in [4.69, 9.17) is 4.18 Å². The molecular weight excluding hydrogens is 524 g/mol. The third-order valence-corrected chi connectivity index (χ3v) is 9.05. The highest BCUT2D eigenvalue weighted by molar-refractivity contribution is 7.87. The molecule has 2 aromatic rings. The average Bonchev–Trinajstić information content (AvgIpc) is 2.89. The van der Waals surface area contributed by atoms with E-state index in [9.17, 15) is 33.3 Å². The summed E-state index contributed by atoms with van der Waals surface area (Å²) in [6.07, 6.45) is 0.317. The molecule has 0 fully saturated rings. The topological polar surface area (TPSA) is 154 Å². The molecule has 3 N–H and O–H groups in total. The van der Waals surface area contributed by atoms with Crippen LogP contribution in [0.5, 0.6) is 5.75 Å². The Labute approximate surface area is 225 Å². The van der Waals surface area contributed by atoms with Gasteiger partial charge in [-0.1, -0.05) is 30.3 Å². The SMILES string of the molecule is C=NCC1=C(O)[C@@H](N(C)C)[C@@H]2C[C@@H]3Cc4cccc(OS(=O)(=O)c5ccccc5)c4C(=O)C3=C(O)[C@]2(O)C1=O. The number of nitrogens with zero attached hydrogens (tertiary/aromatic N) is 2. The maximum absolute atomic E-state index is 13.9. The van der Waals surface area contributed by atoms with Crippen LogP contribution < -0.4 is 4.18 Å². The van der Waals surface area contributed by atoms with Gasteiger partial charge in [-0.2, -0.15) is 8.42 Å². The number of hydrogen-bond donors (Lipinski definition) is 3. The molecule has 3 aliphatic rings. The Morgan fingerprint density at radius 2 is 1.79 bits per heavy atom. The molecule has 10 nitrogen and oxygen atoms in total. The van der Waals surface area contributed by atoms with Gasteiger partial charge in [-0.15, -0.1) is 0 Å². The van der Waals surface area contributed by atoms with Gasteiger partial charge in [-0.05, 0) is 63.3 Å². The molecule has 0 aliphatic heterocycles. The summed E-state index contributed by atoms with van der Waals surface area (Å²) in [6, 6.07) is 11.2. The number of rotatable bonds is 6. The second-order valence-corrected chi connectivity index (χ2v) is 11.8. The van der Waals surface area contributed by atoms with E-state index in [-0.39, 0.29) is 52.5 Å². The molecule has 39 heavy (non-hydrogen) atoms.